The molecular weight excluding hydrogens is 192 g/mol. The number of hydrogen-bond acceptors (Lipinski definition) is 3. The predicted octanol–water partition coefficient (Wildman–Crippen LogP) is 1.96. The van der Waals surface area contributed by atoms with Gasteiger partial charge in [-0.05, 0) is 5.56 Å². The molecule has 2 atom stereocenters. The molecule has 82 valence electrons. The number of ether oxygens (including phenoxy) is 3. The van der Waals surface area contributed by atoms with Crippen LogP contribution in [0.3, 0.4) is 0 Å². The van der Waals surface area contributed by atoms with E-state index in [1.165, 1.54) is 5.56 Å². The molecule has 1 heterocycles. The van der Waals surface area contributed by atoms with Gasteiger partial charge in [0.15, 0.2) is 6.29 Å². The van der Waals surface area contributed by atoms with Crippen LogP contribution in [0.2, 0.25) is 0 Å². The van der Waals surface area contributed by atoms with E-state index < -0.39 is 0 Å². The second kappa shape index (κ2) is 5.26. The summed E-state index contributed by atoms with van der Waals surface area (Å²) in [6, 6.07) is 10.2. The van der Waals surface area contributed by atoms with Crippen molar-refractivity contribution in [2.24, 2.45) is 0 Å². The quantitative estimate of drug-likeness (QED) is 0.757. The van der Waals surface area contributed by atoms with Gasteiger partial charge in [0.1, 0.15) is 0 Å². The molecule has 0 amide bonds. The second-order valence-corrected chi connectivity index (χ2v) is 3.65. The van der Waals surface area contributed by atoms with E-state index in [1.807, 2.05) is 18.2 Å². The molecule has 0 N–H and O–H groups in total. The lowest BCUT2D eigenvalue weighted by Gasteiger charge is -2.09. The summed E-state index contributed by atoms with van der Waals surface area (Å²) in [5.41, 5.74) is 1.19. The van der Waals surface area contributed by atoms with E-state index in [0.717, 1.165) is 6.42 Å². The van der Waals surface area contributed by atoms with Gasteiger partial charge >= 0.3 is 0 Å². The van der Waals surface area contributed by atoms with Crippen molar-refractivity contribution >= 4 is 0 Å². The third-order valence-corrected chi connectivity index (χ3v) is 2.51. The van der Waals surface area contributed by atoms with Crippen LogP contribution in [0.25, 0.3) is 0 Å². The van der Waals surface area contributed by atoms with E-state index in [4.69, 9.17) is 14.2 Å². The molecule has 0 saturated carbocycles. The van der Waals surface area contributed by atoms with Gasteiger partial charge in [-0.3, -0.25) is 0 Å². The van der Waals surface area contributed by atoms with Crippen molar-refractivity contribution in [3.05, 3.63) is 35.9 Å². The standard InChI is InChI=1S/C12H16O3/c1-13-12-7-11(9-15-12)14-8-10-5-3-2-4-6-10/h2-6,11-12H,7-9H2,1H3/t11-,12-/m1/s1. The monoisotopic (exact) mass is 208 g/mol. The van der Waals surface area contributed by atoms with Gasteiger partial charge in [-0.15, -0.1) is 0 Å². The summed E-state index contributed by atoms with van der Waals surface area (Å²) < 4.78 is 16.2. The Kier molecular flexibility index (Phi) is 3.72. The third-order valence-electron chi connectivity index (χ3n) is 2.51. The first-order valence-electron chi connectivity index (χ1n) is 5.18. The van der Waals surface area contributed by atoms with Gasteiger partial charge in [0.2, 0.25) is 0 Å². The fraction of sp³-hybridized carbons (Fsp3) is 0.500. The van der Waals surface area contributed by atoms with Crippen LogP contribution in [0, 0.1) is 0 Å². The maximum Gasteiger partial charge on any atom is 0.159 e. The molecule has 1 aromatic rings. The molecule has 15 heavy (non-hydrogen) atoms. The average Bonchev–Trinajstić information content (AvgIpc) is 2.76. The fourth-order valence-corrected chi connectivity index (χ4v) is 1.63. The van der Waals surface area contributed by atoms with Gasteiger partial charge in [0.05, 0.1) is 19.3 Å². The van der Waals surface area contributed by atoms with E-state index in [9.17, 15) is 0 Å². The summed E-state index contributed by atoms with van der Waals surface area (Å²) in [5, 5.41) is 0. The Bertz CT molecular complexity index is 286. The minimum atomic E-state index is -0.0919. The van der Waals surface area contributed by atoms with Gasteiger partial charge in [-0.25, -0.2) is 0 Å². The maximum absolute atomic E-state index is 5.72. The molecule has 0 aromatic heterocycles. The Hall–Kier alpha value is -0.900. The number of methoxy groups -OCH3 is 1. The molecule has 0 unspecified atom stereocenters. The first-order chi connectivity index (χ1) is 7.38. The Balaban J connectivity index is 1.75. The molecule has 3 heteroatoms. The van der Waals surface area contributed by atoms with Crippen LogP contribution < -0.4 is 0 Å². The van der Waals surface area contributed by atoms with E-state index in [2.05, 4.69) is 12.1 Å². The van der Waals surface area contributed by atoms with Crippen LogP contribution in [0.15, 0.2) is 30.3 Å². The molecule has 0 aliphatic carbocycles. The zero-order valence-corrected chi connectivity index (χ0v) is 8.89. The number of benzene rings is 1. The van der Waals surface area contributed by atoms with Gasteiger partial charge < -0.3 is 14.2 Å². The average molecular weight is 208 g/mol. The summed E-state index contributed by atoms with van der Waals surface area (Å²) in [6.45, 7) is 1.27. The SMILES string of the molecule is CO[C@H]1C[C@@H](OCc2ccccc2)CO1. The zero-order chi connectivity index (χ0) is 10.5. The van der Waals surface area contributed by atoms with Crippen molar-refractivity contribution < 1.29 is 14.2 Å². The van der Waals surface area contributed by atoms with Gasteiger partial charge in [-0.2, -0.15) is 0 Å². The summed E-state index contributed by atoms with van der Waals surface area (Å²) in [4.78, 5) is 0. The molecule has 1 fully saturated rings. The lowest BCUT2D eigenvalue weighted by atomic mass is 10.2. The summed E-state index contributed by atoms with van der Waals surface area (Å²) in [7, 11) is 1.66. The van der Waals surface area contributed by atoms with Crippen molar-refractivity contribution in [1.29, 1.82) is 0 Å². The van der Waals surface area contributed by atoms with E-state index in [-0.39, 0.29) is 12.4 Å². The molecule has 1 aliphatic heterocycles. The first kappa shape index (κ1) is 10.6. The predicted molar refractivity (Wildman–Crippen MR) is 56.4 cm³/mol. The molecule has 1 aromatic carbocycles. The number of hydrogen-bond donors (Lipinski definition) is 0. The van der Waals surface area contributed by atoms with Crippen molar-refractivity contribution in [3.63, 3.8) is 0 Å². The maximum atomic E-state index is 5.72. The third kappa shape index (κ3) is 3.02. The fourth-order valence-electron chi connectivity index (χ4n) is 1.63. The molecule has 0 bridgehead atoms. The topological polar surface area (TPSA) is 27.7 Å². The van der Waals surface area contributed by atoms with Crippen LogP contribution in [0.1, 0.15) is 12.0 Å². The molecule has 0 radical (unpaired) electrons. The van der Waals surface area contributed by atoms with Crippen molar-refractivity contribution in [2.75, 3.05) is 13.7 Å². The largest absolute Gasteiger partial charge is 0.371 e. The van der Waals surface area contributed by atoms with Crippen LogP contribution in [0.5, 0.6) is 0 Å². The molecule has 1 aliphatic rings. The Morgan fingerprint density at radius 2 is 2.13 bits per heavy atom. The molecule has 1 saturated heterocycles. The highest BCUT2D eigenvalue weighted by Gasteiger charge is 2.25. The Morgan fingerprint density at radius 3 is 2.80 bits per heavy atom. The molecule has 3 nitrogen and oxygen atoms in total. The lowest BCUT2D eigenvalue weighted by molar-refractivity contribution is -0.0884. The Labute approximate surface area is 90.0 Å². The summed E-state index contributed by atoms with van der Waals surface area (Å²) >= 11 is 0. The lowest BCUT2D eigenvalue weighted by Crippen LogP contribution is -2.13. The minimum absolute atomic E-state index is 0.0919. The summed E-state index contributed by atoms with van der Waals surface area (Å²) in [5.74, 6) is 0. The van der Waals surface area contributed by atoms with Crippen LogP contribution in [0.4, 0.5) is 0 Å². The molecular formula is C12H16O3. The molecule has 0 spiro atoms. The first-order valence-corrected chi connectivity index (χ1v) is 5.18. The highest BCUT2D eigenvalue weighted by atomic mass is 16.7. The van der Waals surface area contributed by atoms with E-state index >= 15 is 0 Å². The van der Waals surface area contributed by atoms with Crippen molar-refractivity contribution in [2.45, 2.75) is 25.4 Å². The van der Waals surface area contributed by atoms with Crippen LogP contribution >= 0.6 is 0 Å². The minimum Gasteiger partial charge on any atom is -0.371 e. The number of rotatable bonds is 4. The second-order valence-electron chi connectivity index (χ2n) is 3.65. The normalized spacial score (nSPS) is 25.7. The highest BCUT2D eigenvalue weighted by molar-refractivity contribution is 5.13. The van der Waals surface area contributed by atoms with Crippen molar-refractivity contribution in [1.82, 2.24) is 0 Å². The van der Waals surface area contributed by atoms with E-state index in [0.29, 0.717) is 13.2 Å². The van der Waals surface area contributed by atoms with E-state index in [1.54, 1.807) is 7.11 Å². The van der Waals surface area contributed by atoms with Gasteiger partial charge in [0, 0.05) is 13.5 Å². The highest BCUT2D eigenvalue weighted by Crippen LogP contribution is 2.17. The Morgan fingerprint density at radius 1 is 1.33 bits per heavy atom. The van der Waals surface area contributed by atoms with Crippen LogP contribution in [-0.4, -0.2) is 26.1 Å². The van der Waals surface area contributed by atoms with Crippen molar-refractivity contribution in [3.8, 4) is 0 Å². The van der Waals surface area contributed by atoms with Gasteiger partial charge in [0.25, 0.3) is 0 Å². The van der Waals surface area contributed by atoms with Crippen LogP contribution in [-0.2, 0) is 20.8 Å². The smallest absolute Gasteiger partial charge is 0.159 e. The zero-order valence-electron chi connectivity index (χ0n) is 8.89. The van der Waals surface area contributed by atoms with Gasteiger partial charge in [-0.1, -0.05) is 30.3 Å². The molecule has 2 rings (SSSR count). The summed E-state index contributed by atoms with van der Waals surface area (Å²) in [6.07, 6.45) is 0.893.